The normalized spacial score (nSPS) is 12.6. The van der Waals surface area contributed by atoms with Gasteiger partial charge in [0, 0.05) is 12.8 Å². The molecule has 2 unspecified atom stereocenters. The van der Waals surface area contributed by atoms with Gasteiger partial charge in [-0.2, -0.15) is 0 Å². The van der Waals surface area contributed by atoms with Crippen LogP contribution in [-0.2, 0) is 33.3 Å². The van der Waals surface area contributed by atoms with Crippen LogP contribution in [0.2, 0.25) is 0 Å². The Morgan fingerprint density at radius 1 is 0.338 bits per heavy atom. The first-order valence-electron chi connectivity index (χ1n) is 34.2. The molecule has 0 bridgehead atoms. The number of esters is 2. The Labute approximate surface area is 479 Å². The van der Waals surface area contributed by atoms with Crippen molar-refractivity contribution in [3.63, 3.8) is 0 Å². The number of unbranched alkanes of at least 4 members (excludes halogenated alkanes) is 50. The molecule has 9 heteroatoms. The smallest absolute Gasteiger partial charge is 0.306 e. The molecule has 0 aliphatic carbocycles. The molecular formula is C68H133NO8. The summed E-state index contributed by atoms with van der Waals surface area (Å²) in [5.74, 6) is -2.25. The van der Waals surface area contributed by atoms with Crippen LogP contribution in [0.5, 0.6) is 0 Å². The van der Waals surface area contributed by atoms with E-state index in [1.165, 1.54) is 295 Å². The maximum absolute atomic E-state index is 12.9. The minimum absolute atomic E-state index is 0.153. The predicted molar refractivity (Wildman–Crippen MR) is 325 cm³/mol. The third kappa shape index (κ3) is 61.8. The van der Waals surface area contributed by atoms with Gasteiger partial charge in [-0.3, -0.25) is 9.59 Å². The lowest BCUT2D eigenvalue weighted by molar-refractivity contribution is -0.870. The molecule has 0 N–H and O–H groups in total. The van der Waals surface area contributed by atoms with E-state index in [-0.39, 0.29) is 32.2 Å². The predicted octanol–water partition coefficient (Wildman–Crippen LogP) is 19.4. The van der Waals surface area contributed by atoms with Gasteiger partial charge in [-0.25, -0.2) is 0 Å². The second-order valence-electron chi connectivity index (χ2n) is 24.8. The van der Waals surface area contributed by atoms with E-state index in [2.05, 4.69) is 13.8 Å². The monoisotopic (exact) mass is 1090 g/mol. The number of nitrogens with zero attached hydrogens (tertiary/aromatic N) is 1. The van der Waals surface area contributed by atoms with Crippen molar-refractivity contribution < 1.29 is 42.9 Å². The number of carboxylic acid groups (broad SMARTS) is 1. The number of hydrogen-bond acceptors (Lipinski definition) is 8. The molecule has 0 spiro atoms. The van der Waals surface area contributed by atoms with Crippen LogP contribution < -0.4 is 5.11 Å². The molecule has 0 heterocycles. The molecule has 0 rings (SSSR count). The molecule has 458 valence electrons. The Hall–Kier alpha value is -1.71. The minimum Gasteiger partial charge on any atom is -0.545 e. The van der Waals surface area contributed by atoms with Gasteiger partial charge < -0.3 is 33.3 Å². The zero-order valence-electron chi connectivity index (χ0n) is 52.4. The van der Waals surface area contributed by atoms with Gasteiger partial charge in [-0.15, -0.1) is 0 Å². The van der Waals surface area contributed by atoms with Gasteiger partial charge in [-0.1, -0.05) is 335 Å². The molecule has 0 aromatic heterocycles. The molecular weight excluding hydrogens is 959 g/mol. The largest absolute Gasteiger partial charge is 0.545 e. The fourth-order valence-electron chi connectivity index (χ4n) is 10.6. The van der Waals surface area contributed by atoms with Crippen molar-refractivity contribution >= 4 is 17.9 Å². The molecule has 0 aromatic carbocycles. The molecule has 0 saturated heterocycles. The van der Waals surface area contributed by atoms with Crippen LogP contribution in [0.4, 0.5) is 0 Å². The number of carbonyl (C=O) groups is 3. The van der Waals surface area contributed by atoms with E-state index in [9.17, 15) is 19.5 Å². The zero-order chi connectivity index (χ0) is 56.2. The van der Waals surface area contributed by atoms with Crippen molar-refractivity contribution in [1.82, 2.24) is 0 Å². The number of rotatable bonds is 65. The topological polar surface area (TPSA) is 111 Å². The van der Waals surface area contributed by atoms with E-state index in [0.29, 0.717) is 17.4 Å². The zero-order valence-corrected chi connectivity index (χ0v) is 52.4. The van der Waals surface area contributed by atoms with Crippen molar-refractivity contribution in [1.29, 1.82) is 0 Å². The van der Waals surface area contributed by atoms with Crippen LogP contribution in [0.1, 0.15) is 361 Å². The average molecular weight is 1090 g/mol. The van der Waals surface area contributed by atoms with Gasteiger partial charge in [0.25, 0.3) is 0 Å². The molecule has 0 amide bonds. The lowest BCUT2D eigenvalue weighted by Gasteiger charge is -2.26. The van der Waals surface area contributed by atoms with Crippen molar-refractivity contribution in [2.24, 2.45) is 0 Å². The second-order valence-corrected chi connectivity index (χ2v) is 24.8. The highest BCUT2D eigenvalue weighted by atomic mass is 16.7. The van der Waals surface area contributed by atoms with E-state index < -0.39 is 24.3 Å². The highest BCUT2D eigenvalue weighted by Gasteiger charge is 2.22. The first-order chi connectivity index (χ1) is 37.6. The minimum atomic E-state index is -1.61. The lowest BCUT2D eigenvalue weighted by Crippen LogP contribution is -2.44. The van der Waals surface area contributed by atoms with E-state index in [0.717, 1.165) is 38.5 Å². The van der Waals surface area contributed by atoms with Gasteiger partial charge in [0.05, 0.1) is 40.3 Å². The average Bonchev–Trinajstić information content (AvgIpc) is 3.40. The Morgan fingerprint density at radius 2 is 0.584 bits per heavy atom. The standard InChI is InChI=1S/C68H133NO8/c1-6-8-10-12-14-16-18-20-22-24-25-26-27-28-29-30-31-32-33-34-35-36-37-38-39-40-41-43-45-47-49-51-53-55-57-59-66(71)77-64(63-76-68(67(72)73)74-61-60-69(3,4)5)62-75-65(70)58-56-54-52-50-48-46-44-42-23-21-19-17-15-13-11-9-7-2/h64,68H,6-63H2,1-5H3. The molecule has 0 aliphatic heterocycles. The number of carboxylic acids is 1. The van der Waals surface area contributed by atoms with Gasteiger partial charge in [0.1, 0.15) is 13.2 Å². The maximum Gasteiger partial charge on any atom is 0.306 e. The van der Waals surface area contributed by atoms with E-state index in [1.807, 2.05) is 21.1 Å². The summed E-state index contributed by atoms with van der Waals surface area (Å²) in [5.41, 5.74) is 0. The summed E-state index contributed by atoms with van der Waals surface area (Å²) in [7, 11) is 5.94. The van der Waals surface area contributed by atoms with E-state index >= 15 is 0 Å². The first kappa shape index (κ1) is 75.3. The molecule has 2 atom stereocenters. The number of ether oxygens (including phenoxy) is 4. The van der Waals surface area contributed by atoms with Gasteiger partial charge in [0.2, 0.25) is 0 Å². The SMILES string of the molecule is CCCCCCCCCCCCCCCCCCCCCCCCCCCCCCCCCCCCCC(=O)OC(COC(=O)CCCCCCCCCCCCCCCCCCC)COC(OCC[N+](C)(C)C)C(=O)[O-]. The Balaban J connectivity index is 3.97. The van der Waals surface area contributed by atoms with Crippen LogP contribution in [0, 0.1) is 0 Å². The molecule has 0 fully saturated rings. The number of likely N-dealkylation sites (N-methyl/N-ethyl adjacent to an activating group) is 1. The summed E-state index contributed by atoms with van der Waals surface area (Å²) in [5, 5.41) is 11.8. The van der Waals surface area contributed by atoms with E-state index in [1.54, 1.807) is 0 Å². The Bertz CT molecular complexity index is 1220. The summed E-state index contributed by atoms with van der Waals surface area (Å²) in [6, 6.07) is 0. The first-order valence-corrected chi connectivity index (χ1v) is 34.2. The fourth-order valence-corrected chi connectivity index (χ4v) is 10.6. The number of aliphatic carboxylic acids is 1. The Morgan fingerprint density at radius 3 is 0.831 bits per heavy atom. The highest BCUT2D eigenvalue weighted by Crippen LogP contribution is 2.19. The van der Waals surface area contributed by atoms with Crippen LogP contribution in [0.3, 0.4) is 0 Å². The molecule has 9 nitrogen and oxygen atoms in total. The summed E-state index contributed by atoms with van der Waals surface area (Å²) < 4.78 is 22.8. The molecule has 77 heavy (non-hydrogen) atoms. The van der Waals surface area contributed by atoms with Gasteiger partial charge >= 0.3 is 11.9 Å². The molecule has 0 aliphatic rings. The maximum atomic E-state index is 12.9. The summed E-state index contributed by atoms with van der Waals surface area (Å²) in [6.45, 7) is 4.83. The molecule has 0 saturated carbocycles. The molecule has 0 aromatic rings. The van der Waals surface area contributed by atoms with Crippen molar-refractivity contribution in [3.05, 3.63) is 0 Å². The summed E-state index contributed by atoms with van der Waals surface area (Å²) in [4.78, 5) is 37.4. The molecule has 0 radical (unpaired) electrons. The summed E-state index contributed by atoms with van der Waals surface area (Å²) >= 11 is 0. The van der Waals surface area contributed by atoms with E-state index in [4.69, 9.17) is 18.9 Å². The summed E-state index contributed by atoms with van der Waals surface area (Å²) in [6.07, 6.45) is 67.7. The quantitative estimate of drug-likeness (QED) is 0.0256. The van der Waals surface area contributed by atoms with Crippen LogP contribution in [0.15, 0.2) is 0 Å². The number of quaternary nitrogens is 1. The third-order valence-corrected chi connectivity index (χ3v) is 15.9. The van der Waals surface area contributed by atoms with Crippen LogP contribution in [0.25, 0.3) is 0 Å². The van der Waals surface area contributed by atoms with Crippen molar-refractivity contribution in [2.45, 2.75) is 373 Å². The fraction of sp³-hybridized carbons (Fsp3) is 0.956. The Kier molecular flexibility index (Phi) is 59.0. The second kappa shape index (κ2) is 60.4. The number of carbonyl (C=O) groups excluding carboxylic acids is 3. The third-order valence-electron chi connectivity index (χ3n) is 15.9. The lowest BCUT2D eigenvalue weighted by atomic mass is 10.0. The van der Waals surface area contributed by atoms with Crippen LogP contribution in [-0.4, -0.2) is 82.3 Å². The van der Waals surface area contributed by atoms with Gasteiger partial charge in [0.15, 0.2) is 12.4 Å². The van der Waals surface area contributed by atoms with Crippen molar-refractivity contribution in [3.8, 4) is 0 Å². The van der Waals surface area contributed by atoms with Crippen LogP contribution >= 0.6 is 0 Å². The van der Waals surface area contributed by atoms with Crippen molar-refractivity contribution in [2.75, 3.05) is 47.5 Å². The number of hydrogen-bond donors (Lipinski definition) is 0. The van der Waals surface area contributed by atoms with Gasteiger partial charge in [-0.05, 0) is 12.8 Å². The highest BCUT2D eigenvalue weighted by molar-refractivity contribution is 5.70.